The molecule has 0 atom stereocenters. The first-order chi connectivity index (χ1) is 17.0. The molecular weight excluding hydrogens is 514 g/mol. The van der Waals surface area contributed by atoms with Gasteiger partial charge in [0.05, 0.1) is 6.61 Å². The number of nitrogens with zero attached hydrogens (tertiary/aromatic N) is 1. The van der Waals surface area contributed by atoms with E-state index in [1.165, 1.54) is 0 Å². The maximum Gasteiger partial charge on any atom is 0.162 e. The molecule has 36 heavy (non-hydrogen) atoms. The molecule has 2 aliphatic carbocycles. The van der Waals surface area contributed by atoms with Crippen LogP contribution in [-0.4, -0.2) is 18.2 Å². The summed E-state index contributed by atoms with van der Waals surface area (Å²) in [5.74, 6) is 0.548. The number of carbonyl (C=O) groups excluding carboxylic acids is 2. The van der Waals surface area contributed by atoms with Crippen LogP contribution in [0.1, 0.15) is 71.8 Å². The first-order valence-corrected chi connectivity index (χ1v) is 13.6. The van der Waals surface area contributed by atoms with Gasteiger partial charge in [-0.15, -0.1) is 0 Å². The zero-order chi connectivity index (χ0) is 25.8. The summed E-state index contributed by atoms with van der Waals surface area (Å²) in [6.45, 7) is 11.1. The monoisotopic (exact) mass is 547 g/mol. The number of benzene rings is 2. The van der Waals surface area contributed by atoms with E-state index in [9.17, 15) is 9.59 Å². The van der Waals surface area contributed by atoms with Crippen LogP contribution in [0.25, 0.3) is 0 Å². The van der Waals surface area contributed by atoms with E-state index in [-0.39, 0.29) is 22.4 Å². The standard InChI is InChI=1S/C31H34BrNO3/c1-6-36-26-13-12-19(32)14-21(26)27-28-22(15-30(2,3)17-24(28)34)33(20-10-8-7-9-11-20)23-16-31(4,5)18-25(35)29(23)27/h7-14,27H,6,15-18H2,1-5H3. The molecule has 3 aliphatic rings. The Bertz CT molecular complexity index is 1250. The van der Waals surface area contributed by atoms with E-state index < -0.39 is 5.92 Å². The first-order valence-electron chi connectivity index (χ1n) is 12.8. The minimum absolute atomic E-state index is 0.124. The molecule has 0 spiro atoms. The van der Waals surface area contributed by atoms with Crippen molar-refractivity contribution < 1.29 is 14.3 Å². The lowest BCUT2D eigenvalue weighted by Gasteiger charge is -2.49. The summed E-state index contributed by atoms with van der Waals surface area (Å²) in [4.78, 5) is 30.2. The molecule has 5 heteroatoms. The minimum Gasteiger partial charge on any atom is -0.494 e. The highest BCUT2D eigenvalue weighted by Gasteiger charge is 2.49. The topological polar surface area (TPSA) is 46.6 Å². The van der Waals surface area contributed by atoms with Crippen molar-refractivity contribution in [3.8, 4) is 5.75 Å². The number of hydrogen-bond donors (Lipinski definition) is 0. The number of halogens is 1. The fourth-order valence-electron chi connectivity index (χ4n) is 6.20. The molecule has 0 saturated carbocycles. The maximum absolute atomic E-state index is 14.0. The molecule has 2 aromatic rings. The van der Waals surface area contributed by atoms with Crippen molar-refractivity contribution in [3.63, 3.8) is 0 Å². The molecule has 0 saturated heterocycles. The molecule has 0 N–H and O–H groups in total. The van der Waals surface area contributed by atoms with Crippen LogP contribution in [0.3, 0.4) is 0 Å². The number of Topliss-reactive ketones (excluding diaryl/α,β-unsaturated/α-hetero) is 2. The Morgan fingerprint density at radius 1 is 0.861 bits per heavy atom. The lowest BCUT2D eigenvalue weighted by atomic mass is 9.63. The number of anilines is 1. The van der Waals surface area contributed by atoms with Gasteiger partial charge >= 0.3 is 0 Å². The van der Waals surface area contributed by atoms with Gasteiger partial charge in [0.15, 0.2) is 11.6 Å². The Kier molecular flexibility index (Phi) is 6.27. The maximum atomic E-state index is 14.0. The molecule has 1 aliphatic heterocycles. The van der Waals surface area contributed by atoms with Gasteiger partial charge in [-0.2, -0.15) is 0 Å². The molecule has 0 bridgehead atoms. The predicted molar refractivity (Wildman–Crippen MR) is 147 cm³/mol. The number of carbonyl (C=O) groups is 2. The summed E-state index contributed by atoms with van der Waals surface area (Å²) in [5.41, 5.74) is 5.12. The van der Waals surface area contributed by atoms with E-state index >= 15 is 0 Å². The summed E-state index contributed by atoms with van der Waals surface area (Å²) < 4.78 is 6.97. The Hall–Kier alpha value is -2.66. The van der Waals surface area contributed by atoms with Crippen molar-refractivity contribution in [3.05, 3.63) is 81.1 Å². The van der Waals surface area contributed by atoms with E-state index in [1.807, 2.05) is 43.3 Å². The molecule has 5 rings (SSSR count). The Morgan fingerprint density at radius 2 is 1.42 bits per heavy atom. The van der Waals surface area contributed by atoms with Crippen molar-refractivity contribution in [2.45, 2.75) is 66.2 Å². The number of hydrogen-bond acceptors (Lipinski definition) is 4. The second kappa shape index (κ2) is 9.02. The van der Waals surface area contributed by atoms with Gasteiger partial charge in [0.1, 0.15) is 5.75 Å². The molecule has 4 nitrogen and oxygen atoms in total. The van der Waals surface area contributed by atoms with Gasteiger partial charge in [-0.25, -0.2) is 0 Å². The van der Waals surface area contributed by atoms with Crippen LogP contribution in [0.2, 0.25) is 0 Å². The van der Waals surface area contributed by atoms with Crippen LogP contribution in [0.15, 0.2) is 75.5 Å². The van der Waals surface area contributed by atoms with Crippen LogP contribution in [0, 0.1) is 10.8 Å². The van der Waals surface area contributed by atoms with Crippen molar-refractivity contribution >= 4 is 33.2 Å². The molecule has 1 heterocycles. The highest BCUT2D eigenvalue weighted by molar-refractivity contribution is 9.10. The molecule has 0 fully saturated rings. The fraction of sp³-hybridized carbons (Fsp3) is 0.419. The van der Waals surface area contributed by atoms with E-state index in [0.29, 0.717) is 19.4 Å². The lowest BCUT2D eigenvalue weighted by molar-refractivity contribution is -0.119. The van der Waals surface area contributed by atoms with Gasteiger partial charge in [0, 0.05) is 57.0 Å². The molecule has 2 aromatic carbocycles. The van der Waals surface area contributed by atoms with Crippen LogP contribution in [-0.2, 0) is 9.59 Å². The van der Waals surface area contributed by atoms with E-state index in [2.05, 4.69) is 60.7 Å². The first kappa shape index (κ1) is 25.0. The lowest BCUT2D eigenvalue weighted by Crippen LogP contribution is -2.44. The van der Waals surface area contributed by atoms with Crippen LogP contribution < -0.4 is 9.64 Å². The highest BCUT2D eigenvalue weighted by atomic mass is 79.9. The SMILES string of the molecule is CCOc1ccc(Br)cc1C1C2=C(CC(C)(C)CC2=O)N(c2ccccc2)C2=C1C(=O)CC(C)(C)C2. The molecule has 0 radical (unpaired) electrons. The van der Waals surface area contributed by atoms with Crippen LogP contribution in [0.4, 0.5) is 5.69 Å². The van der Waals surface area contributed by atoms with Gasteiger partial charge in [0.25, 0.3) is 0 Å². The number of allylic oxidation sites excluding steroid dienone is 4. The number of rotatable bonds is 4. The average Bonchev–Trinajstić information content (AvgIpc) is 2.78. The third kappa shape index (κ3) is 4.36. The molecule has 188 valence electrons. The number of ether oxygens (including phenoxy) is 1. The average molecular weight is 549 g/mol. The van der Waals surface area contributed by atoms with E-state index in [4.69, 9.17) is 4.74 Å². The third-order valence-corrected chi connectivity index (χ3v) is 8.00. The quantitative estimate of drug-likeness (QED) is 0.392. The fourth-order valence-corrected chi connectivity index (χ4v) is 6.58. The summed E-state index contributed by atoms with van der Waals surface area (Å²) in [6, 6.07) is 16.1. The minimum atomic E-state index is -0.429. The van der Waals surface area contributed by atoms with Crippen molar-refractivity contribution in [2.75, 3.05) is 11.5 Å². The zero-order valence-electron chi connectivity index (χ0n) is 21.8. The summed E-state index contributed by atoms with van der Waals surface area (Å²) in [7, 11) is 0. The normalized spacial score (nSPS) is 21.4. The smallest absolute Gasteiger partial charge is 0.162 e. The molecular formula is C31H34BrNO3. The summed E-state index contributed by atoms with van der Waals surface area (Å²) >= 11 is 3.64. The molecule has 0 unspecified atom stereocenters. The zero-order valence-corrected chi connectivity index (χ0v) is 23.4. The van der Waals surface area contributed by atoms with Gasteiger partial charge in [-0.3, -0.25) is 9.59 Å². The van der Waals surface area contributed by atoms with Gasteiger partial charge in [-0.05, 0) is 60.9 Å². The van der Waals surface area contributed by atoms with Gasteiger partial charge < -0.3 is 9.64 Å². The number of ketones is 2. The second-order valence-corrected chi connectivity index (χ2v) is 12.7. The van der Waals surface area contributed by atoms with Gasteiger partial charge in [-0.1, -0.05) is 61.8 Å². The van der Waals surface area contributed by atoms with Gasteiger partial charge in [0.2, 0.25) is 0 Å². The van der Waals surface area contributed by atoms with Crippen molar-refractivity contribution in [2.24, 2.45) is 10.8 Å². The molecule has 0 amide bonds. The van der Waals surface area contributed by atoms with Crippen LogP contribution >= 0.6 is 15.9 Å². The van der Waals surface area contributed by atoms with Crippen molar-refractivity contribution in [1.82, 2.24) is 0 Å². The van der Waals surface area contributed by atoms with E-state index in [0.717, 1.165) is 56.9 Å². The van der Waals surface area contributed by atoms with Crippen LogP contribution in [0.5, 0.6) is 5.75 Å². The second-order valence-electron chi connectivity index (χ2n) is 11.8. The molecule has 0 aromatic heterocycles. The Balaban J connectivity index is 1.86. The number of para-hydroxylation sites is 1. The summed E-state index contributed by atoms with van der Waals surface area (Å²) in [5, 5.41) is 0. The Labute approximate surface area is 222 Å². The predicted octanol–water partition coefficient (Wildman–Crippen LogP) is 7.74. The highest BCUT2D eigenvalue weighted by Crippen LogP contribution is 2.56. The Morgan fingerprint density at radius 3 is 1.94 bits per heavy atom. The largest absolute Gasteiger partial charge is 0.494 e. The summed E-state index contributed by atoms with van der Waals surface area (Å²) in [6.07, 6.45) is 2.46. The van der Waals surface area contributed by atoms with E-state index in [1.54, 1.807) is 0 Å². The third-order valence-electron chi connectivity index (χ3n) is 7.51. The van der Waals surface area contributed by atoms with Crippen molar-refractivity contribution in [1.29, 1.82) is 0 Å².